The van der Waals surface area contributed by atoms with Gasteiger partial charge in [0.2, 0.25) is 5.16 Å². The van der Waals surface area contributed by atoms with Gasteiger partial charge in [0.05, 0.1) is 5.25 Å². The van der Waals surface area contributed by atoms with Crippen LogP contribution in [0.3, 0.4) is 0 Å². The number of thiophene rings is 1. The van der Waals surface area contributed by atoms with Crippen molar-refractivity contribution in [2.24, 2.45) is 12.8 Å². The molecule has 2 atom stereocenters. The molecule has 0 aromatic carbocycles. The van der Waals surface area contributed by atoms with Gasteiger partial charge in [0.1, 0.15) is 0 Å². The summed E-state index contributed by atoms with van der Waals surface area (Å²) in [6, 6.07) is 4.18. The molecule has 7 heteroatoms. The van der Waals surface area contributed by atoms with Gasteiger partial charge in [-0.25, -0.2) is 4.68 Å². The van der Waals surface area contributed by atoms with Crippen molar-refractivity contribution in [1.29, 1.82) is 0 Å². The second-order valence-electron chi connectivity index (χ2n) is 3.50. The first-order valence-corrected chi connectivity index (χ1v) is 6.62. The minimum Gasteiger partial charge on any atom is -0.327 e. The molecule has 2 N–H and O–H groups in total. The van der Waals surface area contributed by atoms with Crippen LogP contribution in [0, 0.1) is 0 Å². The quantitative estimate of drug-likeness (QED) is 0.837. The third kappa shape index (κ3) is 2.42. The van der Waals surface area contributed by atoms with E-state index in [0.29, 0.717) is 0 Å². The number of aromatic nitrogens is 4. The van der Waals surface area contributed by atoms with E-state index in [1.165, 1.54) is 4.88 Å². The number of thioether (sulfide) groups is 1. The molecular formula is C9H13N5S2. The van der Waals surface area contributed by atoms with E-state index >= 15 is 0 Å². The van der Waals surface area contributed by atoms with Crippen LogP contribution in [-0.2, 0) is 7.05 Å². The first-order chi connectivity index (χ1) is 7.68. The van der Waals surface area contributed by atoms with Gasteiger partial charge >= 0.3 is 0 Å². The Bertz CT molecular complexity index is 436. The van der Waals surface area contributed by atoms with Crippen molar-refractivity contribution >= 4 is 23.1 Å². The predicted octanol–water partition coefficient (Wildman–Crippen LogP) is 1.45. The molecule has 0 aliphatic carbocycles. The zero-order chi connectivity index (χ0) is 11.5. The summed E-state index contributed by atoms with van der Waals surface area (Å²) in [7, 11) is 1.83. The van der Waals surface area contributed by atoms with Crippen LogP contribution in [0.1, 0.15) is 17.1 Å². The number of rotatable bonds is 4. The molecule has 2 aromatic heterocycles. The third-order valence-corrected chi connectivity index (χ3v) is 4.71. The lowest BCUT2D eigenvalue weighted by Crippen LogP contribution is -2.22. The Morgan fingerprint density at radius 3 is 2.88 bits per heavy atom. The Labute approximate surface area is 102 Å². The van der Waals surface area contributed by atoms with E-state index < -0.39 is 0 Å². The summed E-state index contributed by atoms with van der Waals surface area (Å²) in [5, 5.41) is 14.4. The summed E-state index contributed by atoms with van der Waals surface area (Å²) >= 11 is 3.31. The number of aryl methyl sites for hydroxylation is 1. The van der Waals surface area contributed by atoms with Gasteiger partial charge < -0.3 is 5.73 Å². The fourth-order valence-electron chi connectivity index (χ4n) is 1.31. The Balaban J connectivity index is 2.19. The second kappa shape index (κ2) is 4.94. The molecule has 0 bridgehead atoms. The maximum absolute atomic E-state index is 6.00. The molecule has 2 rings (SSSR count). The molecule has 0 fully saturated rings. The van der Waals surface area contributed by atoms with Crippen LogP contribution in [0.25, 0.3) is 0 Å². The van der Waals surface area contributed by atoms with Gasteiger partial charge in [0, 0.05) is 18.0 Å². The van der Waals surface area contributed by atoms with E-state index in [9.17, 15) is 0 Å². The Morgan fingerprint density at radius 1 is 1.56 bits per heavy atom. The highest BCUT2D eigenvalue weighted by Gasteiger charge is 2.21. The Morgan fingerprint density at radius 2 is 2.38 bits per heavy atom. The molecule has 0 amide bonds. The Kier molecular flexibility index (Phi) is 3.57. The van der Waals surface area contributed by atoms with Crippen molar-refractivity contribution in [3.8, 4) is 0 Å². The lowest BCUT2D eigenvalue weighted by atomic mass is 10.2. The molecule has 5 nitrogen and oxygen atoms in total. The van der Waals surface area contributed by atoms with Gasteiger partial charge in [-0.2, -0.15) is 0 Å². The highest BCUT2D eigenvalue weighted by atomic mass is 32.2. The molecule has 86 valence electrons. The van der Waals surface area contributed by atoms with Crippen LogP contribution in [0.2, 0.25) is 0 Å². The molecule has 16 heavy (non-hydrogen) atoms. The molecule has 2 heterocycles. The van der Waals surface area contributed by atoms with Crippen molar-refractivity contribution in [3.63, 3.8) is 0 Å². The van der Waals surface area contributed by atoms with E-state index in [-0.39, 0.29) is 11.3 Å². The Hall–Kier alpha value is -0.920. The third-order valence-electron chi connectivity index (χ3n) is 2.11. The number of nitrogens with two attached hydrogens (primary N) is 1. The zero-order valence-corrected chi connectivity index (χ0v) is 10.7. The van der Waals surface area contributed by atoms with E-state index in [2.05, 4.69) is 27.0 Å². The summed E-state index contributed by atoms with van der Waals surface area (Å²) in [5.74, 6) is 0. The van der Waals surface area contributed by atoms with E-state index in [1.807, 2.05) is 20.0 Å². The fraction of sp³-hybridized carbons (Fsp3) is 0.444. The minimum absolute atomic E-state index is 0.0559. The zero-order valence-electron chi connectivity index (χ0n) is 9.07. The van der Waals surface area contributed by atoms with Gasteiger partial charge in [-0.15, -0.1) is 16.4 Å². The molecule has 0 aliphatic rings. The van der Waals surface area contributed by atoms with Crippen molar-refractivity contribution in [2.75, 3.05) is 0 Å². The molecular weight excluding hydrogens is 242 g/mol. The number of tetrazole rings is 1. The number of hydrogen-bond donors (Lipinski definition) is 1. The van der Waals surface area contributed by atoms with E-state index in [1.54, 1.807) is 27.8 Å². The van der Waals surface area contributed by atoms with Gasteiger partial charge in [0.15, 0.2) is 0 Å². The van der Waals surface area contributed by atoms with Crippen molar-refractivity contribution < 1.29 is 0 Å². The maximum Gasteiger partial charge on any atom is 0.209 e. The van der Waals surface area contributed by atoms with E-state index in [0.717, 1.165) is 5.16 Å². The molecule has 0 saturated heterocycles. The minimum atomic E-state index is 0.0559. The average Bonchev–Trinajstić information content (AvgIpc) is 2.85. The normalized spacial score (nSPS) is 14.9. The molecule has 2 aromatic rings. The van der Waals surface area contributed by atoms with Gasteiger partial charge in [-0.05, 0) is 28.8 Å². The molecule has 0 spiro atoms. The average molecular weight is 255 g/mol. The lowest BCUT2D eigenvalue weighted by molar-refractivity contribution is 0.658. The molecule has 2 unspecified atom stereocenters. The largest absolute Gasteiger partial charge is 0.327 e. The SMILES string of the molecule is CC(N)C(Sc1nnnn1C)c1cccs1. The van der Waals surface area contributed by atoms with Crippen molar-refractivity contribution in [3.05, 3.63) is 22.4 Å². The predicted molar refractivity (Wildman–Crippen MR) is 65.4 cm³/mol. The smallest absolute Gasteiger partial charge is 0.209 e. The second-order valence-corrected chi connectivity index (χ2v) is 5.59. The highest BCUT2D eigenvalue weighted by Crippen LogP contribution is 2.37. The fourth-order valence-corrected chi connectivity index (χ4v) is 3.35. The molecule has 0 aliphatic heterocycles. The van der Waals surface area contributed by atoms with Gasteiger partial charge in [-0.3, -0.25) is 0 Å². The van der Waals surface area contributed by atoms with Crippen LogP contribution >= 0.6 is 23.1 Å². The standard InChI is InChI=1S/C9H13N5S2/c1-6(10)8(7-4-3-5-15-7)16-9-11-12-13-14(9)2/h3-6,8H,10H2,1-2H3. The summed E-state index contributed by atoms with van der Waals surface area (Å²) in [4.78, 5) is 1.25. The monoisotopic (exact) mass is 255 g/mol. The lowest BCUT2D eigenvalue weighted by Gasteiger charge is -2.17. The summed E-state index contributed by atoms with van der Waals surface area (Å²) < 4.78 is 1.66. The van der Waals surface area contributed by atoms with Crippen molar-refractivity contribution in [2.45, 2.75) is 23.4 Å². The van der Waals surface area contributed by atoms with Crippen LogP contribution in [0.15, 0.2) is 22.7 Å². The summed E-state index contributed by atoms with van der Waals surface area (Å²) in [5.41, 5.74) is 6.00. The van der Waals surface area contributed by atoms with Crippen molar-refractivity contribution in [1.82, 2.24) is 20.2 Å². The number of hydrogen-bond acceptors (Lipinski definition) is 6. The van der Waals surface area contributed by atoms with Crippen LogP contribution in [0.4, 0.5) is 0 Å². The van der Waals surface area contributed by atoms with E-state index in [4.69, 9.17) is 5.73 Å². The van der Waals surface area contributed by atoms with Crippen LogP contribution in [-0.4, -0.2) is 26.2 Å². The first-order valence-electron chi connectivity index (χ1n) is 4.86. The van der Waals surface area contributed by atoms with Gasteiger partial charge in [0.25, 0.3) is 0 Å². The highest BCUT2D eigenvalue weighted by molar-refractivity contribution is 7.99. The van der Waals surface area contributed by atoms with Crippen LogP contribution in [0.5, 0.6) is 0 Å². The summed E-state index contributed by atoms with van der Waals surface area (Å²) in [6.07, 6.45) is 0. The topological polar surface area (TPSA) is 69.6 Å². The number of nitrogens with zero attached hydrogens (tertiary/aromatic N) is 4. The molecule has 0 radical (unpaired) electrons. The summed E-state index contributed by atoms with van der Waals surface area (Å²) in [6.45, 7) is 2.00. The first kappa shape index (κ1) is 11.6. The molecule has 0 saturated carbocycles. The maximum atomic E-state index is 6.00. The van der Waals surface area contributed by atoms with Crippen LogP contribution < -0.4 is 5.73 Å². The van der Waals surface area contributed by atoms with Gasteiger partial charge in [-0.1, -0.05) is 17.8 Å².